The lowest BCUT2D eigenvalue weighted by Crippen LogP contribution is -2.45. The van der Waals surface area contributed by atoms with E-state index in [0.29, 0.717) is 17.8 Å². The first-order chi connectivity index (χ1) is 9.45. The lowest BCUT2D eigenvalue weighted by molar-refractivity contribution is -0.136. The largest absolute Gasteiger partial charge is 0.481 e. The SMILES string of the molecule is O=C(O)Cc1ccc(S(=O)(=O)N2CCCCC2CO)s1. The van der Waals surface area contributed by atoms with Crippen LogP contribution in [0.5, 0.6) is 0 Å². The van der Waals surface area contributed by atoms with Gasteiger partial charge in [0.1, 0.15) is 4.21 Å². The molecular formula is C12H17NO5S2. The first-order valence-electron chi connectivity index (χ1n) is 6.38. The van der Waals surface area contributed by atoms with Gasteiger partial charge >= 0.3 is 5.97 Å². The van der Waals surface area contributed by atoms with E-state index >= 15 is 0 Å². The summed E-state index contributed by atoms with van der Waals surface area (Å²) in [5.74, 6) is -0.984. The van der Waals surface area contributed by atoms with E-state index in [4.69, 9.17) is 5.11 Å². The van der Waals surface area contributed by atoms with E-state index in [1.807, 2.05) is 0 Å². The summed E-state index contributed by atoms with van der Waals surface area (Å²) in [7, 11) is -3.64. The lowest BCUT2D eigenvalue weighted by atomic mass is 10.1. The molecule has 2 N–H and O–H groups in total. The number of carboxylic acids is 1. The summed E-state index contributed by atoms with van der Waals surface area (Å²) in [4.78, 5) is 11.1. The molecule has 1 atom stereocenters. The van der Waals surface area contributed by atoms with Gasteiger partial charge in [0.05, 0.1) is 13.0 Å². The molecule has 0 bridgehead atoms. The van der Waals surface area contributed by atoms with Crippen molar-refractivity contribution < 1.29 is 23.4 Å². The number of sulfonamides is 1. The van der Waals surface area contributed by atoms with E-state index in [-0.39, 0.29) is 23.3 Å². The average molecular weight is 319 g/mol. The molecular weight excluding hydrogens is 302 g/mol. The van der Waals surface area contributed by atoms with E-state index in [1.54, 1.807) is 0 Å². The number of carboxylic acid groups (broad SMARTS) is 1. The van der Waals surface area contributed by atoms with Gasteiger partial charge in [-0.3, -0.25) is 4.79 Å². The number of hydrogen-bond donors (Lipinski definition) is 2. The van der Waals surface area contributed by atoms with Crippen LogP contribution in [0.3, 0.4) is 0 Å². The highest BCUT2D eigenvalue weighted by Crippen LogP contribution is 2.29. The molecule has 0 aromatic carbocycles. The molecule has 2 rings (SSSR count). The van der Waals surface area contributed by atoms with E-state index in [1.165, 1.54) is 16.4 Å². The van der Waals surface area contributed by atoms with Gasteiger partial charge in [-0.05, 0) is 25.0 Å². The van der Waals surface area contributed by atoms with Crippen LogP contribution in [0.1, 0.15) is 24.1 Å². The second-order valence-corrected chi connectivity index (χ2v) is 8.02. The number of rotatable bonds is 5. The maximum absolute atomic E-state index is 12.5. The number of thiophene rings is 1. The molecule has 0 amide bonds. The van der Waals surface area contributed by atoms with E-state index in [2.05, 4.69) is 0 Å². The second kappa shape index (κ2) is 6.21. The zero-order chi connectivity index (χ0) is 14.8. The Morgan fingerprint density at radius 2 is 2.15 bits per heavy atom. The molecule has 1 saturated heterocycles. The minimum absolute atomic E-state index is 0.147. The van der Waals surface area contributed by atoms with Gasteiger partial charge in [-0.2, -0.15) is 4.31 Å². The predicted octanol–water partition coefficient (Wildman–Crippen LogP) is 0.911. The highest BCUT2D eigenvalue weighted by molar-refractivity contribution is 7.91. The van der Waals surface area contributed by atoms with Gasteiger partial charge in [-0.15, -0.1) is 11.3 Å². The molecule has 1 aromatic rings. The molecule has 0 spiro atoms. The summed E-state index contributed by atoms with van der Waals surface area (Å²) >= 11 is 0.982. The molecule has 1 aliphatic heterocycles. The van der Waals surface area contributed by atoms with E-state index < -0.39 is 16.0 Å². The maximum Gasteiger partial charge on any atom is 0.308 e. The third kappa shape index (κ3) is 3.20. The van der Waals surface area contributed by atoms with Crippen molar-refractivity contribution in [1.82, 2.24) is 4.31 Å². The van der Waals surface area contributed by atoms with Crippen LogP contribution in [-0.2, 0) is 21.2 Å². The van der Waals surface area contributed by atoms with E-state index in [0.717, 1.165) is 24.2 Å². The molecule has 1 unspecified atom stereocenters. The van der Waals surface area contributed by atoms with Crippen LogP contribution in [0.15, 0.2) is 16.3 Å². The first-order valence-corrected chi connectivity index (χ1v) is 8.64. The van der Waals surface area contributed by atoms with Gasteiger partial charge in [-0.25, -0.2) is 8.42 Å². The van der Waals surface area contributed by atoms with Crippen LogP contribution in [0, 0.1) is 0 Å². The van der Waals surface area contributed by atoms with E-state index in [9.17, 15) is 18.3 Å². The fourth-order valence-corrected chi connectivity index (χ4v) is 5.49. The number of aliphatic carboxylic acids is 1. The Balaban J connectivity index is 2.24. The highest BCUT2D eigenvalue weighted by Gasteiger charge is 2.34. The molecule has 20 heavy (non-hydrogen) atoms. The van der Waals surface area contributed by atoms with Crippen LogP contribution in [-0.4, -0.2) is 48.1 Å². The summed E-state index contributed by atoms with van der Waals surface area (Å²) in [6, 6.07) is 2.60. The molecule has 0 saturated carbocycles. The quantitative estimate of drug-likeness (QED) is 0.841. The van der Waals surface area contributed by atoms with Crippen molar-refractivity contribution in [3.63, 3.8) is 0 Å². The third-order valence-electron chi connectivity index (χ3n) is 3.31. The number of piperidine rings is 1. The number of aliphatic hydroxyl groups is 1. The monoisotopic (exact) mass is 319 g/mol. The van der Waals surface area contributed by atoms with Gasteiger partial charge in [0.15, 0.2) is 0 Å². The fourth-order valence-electron chi connectivity index (χ4n) is 2.33. The van der Waals surface area contributed by atoms with Crippen molar-refractivity contribution in [3.05, 3.63) is 17.0 Å². The molecule has 0 aliphatic carbocycles. The van der Waals surface area contributed by atoms with Gasteiger partial charge in [0.2, 0.25) is 0 Å². The average Bonchev–Trinajstić information content (AvgIpc) is 2.87. The Labute approximate surface area is 121 Å². The molecule has 112 valence electrons. The minimum Gasteiger partial charge on any atom is -0.481 e. The van der Waals surface area contributed by atoms with Crippen LogP contribution >= 0.6 is 11.3 Å². The van der Waals surface area contributed by atoms with Gasteiger partial charge in [0, 0.05) is 17.5 Å². The molecule has 1 fully saturated rings. The molecule has 6 nitrogen and oxygen atoms in total. The molecule has 8 heteroatoms. The minimum atomic E-state index is -3.64. The zero-order valence-electron chi connectivity index (χ0n) is 10.9. The van der Waals surface area contributed by atoms with Gasteiger partial charge in [-0.1, -0.05) is 6.42 Å². The Hall–Kier alpha value is -0.960. The number of nitrogens with zero attached hydrogens (tertiary/aromatic N) is 1. The topological polar surface area (TPSA) is 94.9 Å². The van der Waals surface area contributed by atoms with Crippen LogP contribution < -0.4 is 0 Å². The lowest BCUT2D eigenvalue weighted by Gasteiger charge is -2.32. The molecule has 1 aromatic heterocycles. The Kier molecular flexibility index (Phi) is 4.79. The summed E-state index contributed by atoms with van der Waals surface area (Å²) < 4.78 is 26.6. The normalized spacial score (nSPS) is 20.9. The van der Waals surface area contributed by atoms with Crippen molar-refractivity contribution in [2.24, 2.45) is 0 Å². The molecule has 2 heterocycles. The van der Waals surface area contributed by atoms with Gasteiger partial charge in [0.25, 0.3) is 10.0 Å². The van der Waals surface area contributed by atoms with Crippen molar-refractivity contribution in [1.29, 1.82) is 0 Å². The number of aliphatic hydroxyl groups excluding tert-OH is 1. The Morgan fingerprint density at radius 3 is 2.80 bits per heavy atom. The summed E-state index contributed by atoms with van der Waals surface area (Å²) in [5, 5.41) is 18.0. The zero-order valence-corrected chi connectivity index (χ0v) is 12.5. The third-order valence-corrected chi connectivity index (χ3v) is 6.81. The van der Waals surface area contributed by atoms with Crippen molar-refractivity contribution in [2.45, 2.75) is 35.9 Å². The van der Waals surface area contributed by atoms with Crippen molar-refractivity contribution in [2.75, 3.05) is 13.2 Å². The number of hydrogen-bond acceptors (Lipinski definition) is 5. The Bertz CT molecular complexity index is 580. The smallest absolute Gasteiger partial charge is 0.308 e. The predicted molar refractivity (Wildman–Crippen MR) is 74.3 cm³/mol. The van der Waals surface area contributed by atoms with Crippen LogP contribution in [0.25, 0.3) is 0 Å². The van der Waals surface area contributed by atoms with Crippen LogP contribution in [0.2, 0.25) is 0 Å². The van der Waals surface area contributed by atoms with Crippen molar-refractivity contribution >= 4 is 27.3 Å². The summed E-state index contributed by atoms with van der Waals surface area (Å²) in [6.45, 7) is 0.215. The fraction of sp³-hybridized carbons (Fsp3) is 0.583. The second-order valence-electron chi connectivity index (χ2n) is 4.74. The summed E-state index contributed by atoms with van der Waals surface area (Å²) in [6.07, 6.45) is 2.17. The van der Waals surface area contributed by atoms with Crippen molar-refractivity contribution in [3.8, 4) is 0 Å². The Morgan fingerprint density at radius 1 is 1.40 bits per heavy atom. The highest BCUT2D eigenvalue weighted by atomic mass is 32.2. The first kappa shape index (κ1) is 15.4. The molecule has 0 radical (unpaired) electrons. The van der Waals surface area contributed by atoms with Crippen LogP contribution in [0.4, 0.5) is 0 Å². The number of carbonyl (C=O) groups is 1. The molecule has 1 aliphatic rings. The summed E-state index contributed by atoms with van der Waals surface area (Å²) in [5.41, 5.74) is 0. The standard InChI is InChI=1S/C12H17NO5S2/c14-8-9-3-1-2-6-13(9)20(17,18)12-5-4-10(19-12)7-11(15)16/h4-5,9,14H,1-3,6-8H2,(H,15,16). The van der Waals surface area contributed by atoms with Gasteiger partial charge < -0.3 is 10.2 Å². The maximum atomic E-state index is 12.5.